The highest BCUT2D eigenvalue weighted by atomic mass is 32.2. The normalized spacial score (nSPS) is 19.9. The van der Waals surface area contributed by atoms with Crippen molar-refractivity contribution in [2.45, 2.75) is 31.3 Å². The van der Waals surface area contributed by atoms with Gasteiger partial charge >= 0.3 is 6.03 Å². The number of hydrogen-bond acceptors (Lipinski definition) is 4. The van der Waals surface area contributed by atoms with Crippen molar-refractivity contribution in [2.75, 3.05) is 13.1 Å². The molecule has 2 aliphatic heterocycles. The van der Waals surface area contributed by atoms with E-state index in [4.69, 9.17) is 0 Å². The van der Waals surface area contributed by atoms with Gasteiger partial charge in [-0.3, -0.25) is 14.5 Å². The summed E-state index contributed by atoms with van der Waals surface area (Å²) < 4.78 is 14.2. The minimum Gasteiger partial charge on any atom is -0.337 e. The second-order valence-electron chi connectivity index (χ2n) is 7.70. The fourth-order valence-electron chi connectivity index (χ4n) is 3.94. The van der Waals surface area contributed by atoms with Gasteiger partial charge in [0.2, 0.25) is 11.8 Å². The van der Waals surface area contributed by atoms with Crippen molar-refractivity contribution in [3.63, 3.8) is 0 Å². The highest BCUT2D eigenvalue weighted by molar-refractivity contribution is 8.03. The van der Waals surface area contributed by atoms with Gasteiger partial charge in [-0.25, -0.2) is 9.18 Å². The van der Waals surface area contributed by atoms with Crippen LogP contribution in [0.15, 0.2) is 66.1 Å². The minimum atomic E-state index is -0.573. The Morgan fingerprint density at radius 3 is 2.53 bits per heavy atom. The quantitative estimate of drug-likeness (QED) is 0.642. The van der Waals surface area contributed by atoms with Crippen LogP contribution in [0.25, 0.3) is 0 Å². The number of likely N-dealkylation sites (N-methyl/N-ethyl adjacent to an activating group) is 1. The van der Waals surface area contributed by atoms with Crippen molar-refractivity contribution in [3.05, 3.63) is 83.0 Å². The topological polar surface area (TPSA) is 60.9 Å². The van der Waals surface area contributed by atoms with Crippen LogP contribution in [0.1, 0.15) is 18.1 Å². The molecule has 4 amide bonds. The Labute approximate surface area is 190 Å². The Bertz CT molecular complexity index is 1050. The fraction of sp³-hybridized carbons (Fsp3) is 0.292. The fourth-order valence-corrected chi connectivity index (χ4v) is 5.00. The molecule has 166 valence electrons. The first-order chi connectivity index (χ1) is 15.5. The van der Waals surface area contributed by atoms with Gasteiger partial charge in [0.25, 0.3) is 0 Å². The zero-order chi connectivity index (χ0) is 22.7. The van der Waals surface area contributed by atoms with Crippen molar-refractivity contribution < 1.29 is 18.8 Å². The molecule has 2 aromatic carbocycles. The molecule has 0 aromatic heterocycles. The number of carbonyl (C=O) groups excluding carboxylic acids is 3. The van der Waals surface area contributed by atoms with Crippen LogP contribution < -0.4 is 0 Å². The minimum absolute atomic E-state index is 0.146. The van der Waals surface area contributed by atoms with E-state index < -0.39 is 23.1 Å². The number of amides is 4. The first-order valence-electron chi connectivity index (χ1n) is 10.5. The smallest absolute Gasteiger partial charge is 0.328 e. The van der Waals surface area contributed by atoms with E-state index in [1.54, 1.807) is 34.6 Å². The molecule has 0 saturated carbocycles. The molecule has 0 spiro atoms. The molecule has 6 nitrogen and oxygen atoms in total. The predicted octanol–water partition coefficient (Wildman–Crippen LogP) is 3.64. The van der Waals surface area contributed by atoms with Gasteiger partial charge in [-0.15, -0.1) is 11.8 Å². The van der Waals surface area contributed by atoms with Crippen molar-refractivity contribution in [1.29, 1.82) is 0 Å². The molecule has 4 rings (SSSR count). The lowest BCUT2D eigenvalue weighted by Crippen LogP contribution is -2.63. The summed E-state index contributed by atoms with van der Waals surface area (Å²) >= 11 is 1.32. The van der Waals surface area contributed by atoms with Gasteiger partial charge in [-0.2, -0.15) is 0 Å². The van der Waals surface area contributed by atoms with Gasteiger partial charge in [0, 0.05) is 18.7 Å². The highest BCUT2D eigenvalue weighted by Crippen LogP contribution is 2.35. The van der Waals surface area contributed by atoms with E-state index >= 15 is 0 Å². The average Bonchev–Trinajstić information content (AvgIpc) is 3.29. The van der Waals surface area contributed by atoms with Crippen LogP contribution in [0.2, 0.25) is 0 Å². The van der Waals surface area contributed by atoms with Crippen LogP contribution in [-0.4, -0.2) is 56.9 Å². The summed E-state index contributed by atoms with van der Waals surface area (Å²) in [6, 6.07) is 14.7. The zero-order valence-corrected chi connectivity index (χ0v) is 18.5. The predicted molar refractivity (Wildman–Crippen MR) is 121 cm³/mol. The second kappa shape index (κ2) is 9.56. The first-order valence-corrected chi connectivity index (χ1v) is 11.4. The van der Waals surface area contributed by atoms with Crippen LogP contribution in [0.3, 0.4) is 0 Å². The number of carbonyl (C=O) groups is 3. The Morgan fingerprint density at radius 1 is 1.09 bits per heavy atom. The van der Waals surface area contributed by atoms with E-state index in [1.165, 1.54) is 22.7 Å². The van der Waals surface area contributed by atoms with Crippen LogP contribution in [0.4, 0.5) is 9.18 Å². The molecule has 0 aliphatic carbocycles. The third-order valence-electron chi connectivity index (χ3n) is 5.70. The number of nitrogens with zero attached hydrogens (tertiary/aromatic N) is 3. The number of hydrogen-bond donors (Lipinski definition) is 0. The van der Waals surface area contributed by atoms with Gasteiger partial charge < -0.3 is 9.80 Å². The van der Waals surface area contributed by atoms with Crippen LogP contribution in [0.5, 0.6) is 0 Å². The Hall–Kier alpha value is -3.13. The Kier molecular flexibility index (Phi) is 6.60. The van der Waals surface area contributed by atoms with Gasteiger partial charge in [-0.05, 0) is 24.0 Å². The number of halogens is 1. The molecule has 1 saturated heterocycles. The van der Waals surface area contributed by atoms with E-state index in [0.29, 0.717) is 13.1 Å². The number of imide groups is 1. The molecule has 2 atom stereocenters. The summed E-state index contributed by atoms with van der Waals surface area (Å²) in [6.07, 6.45) is 1.78. The Morgan fingerprint density at radius 2 is 1.81 bits per heavy atom. The molecular weight excluding hydrogens is 429 g/mol. The molecule has 8 heteroatoms. The maximum Gasteiger partial charge on any atom is 0.328 e. The van der Waals surface area contributed by atoms with E-state index in [2.05, 4.69) is 0 Å². The molecule has 2 unspecified atom stereocenters. The molecule has 2 heterocycles. The maximum absolute atomic E-state index is 14.2. The van der Waals surface area contributed by atoms with Crippen molar-refractivity contribution in [1.82, 2.24) is 14.7 Å². The third-order valence-corrected chi connectivity index (χ3v) is 6.79. The summed E-state index contributed by atoms with van der Waals surface area (Å²) in [6.45, 7) is 2.51. The van der Waals surface area contributed by atoms with Crippen LogP contribution in [0, 0.1) is 5.82 Å². The zero-order valence-electron chi connectivity index (χ0n) is 17.7. The summed E-state index contributed by atoms with van der Waals surface area (Å²) in [7, 11) is 0. The monoisotopic (exact) mass is 453 g/mol. The number of fused-ring (bicyclic) bond motifs is 1. The summed E-state index contributed by atoms with van der Waals surface area (Å²) in [5.74, 6) is -1.04. The molecule has 0 bridgehead atoms. The summed E-state index contributed by atoms with van der Waals surface area (Å²) in [5, 5.41) is 1.25. The summed E-state index contributed by atoms with van der Waals surface area (Å²) in [5.41, 5.74) is 1.26. The number of rotatable bonds is 7. The SMILES string of the molecule is CCN(Cc1ccccc1)C(=O)CN1C(=O)N(Cc2ccccc2F)C(=O)C2SC=CC21. The largest absolute Gasteiger partial charge is 0.337 e. The first kappa shape index (κ1) is 22.1. The van der Waals surface area contributed by atoms with Crippen LogP contribution in [-0.2, 0) is 22.7 Å². The Balaban J connectivity index is 1.54. The van der Waals surface area contributed by atoms with Gasteiger partial charge in [0.15, 0.2) is 0 Å². The van der Waals surface area contributed by atoms with Gasteiger partial charge in [-0.1, -0.05) is 54.6 Å². The van der Waals surface area contributed by atoms with Crippen LogP contribution >= 0.6 is 11.8 Å². The standard InChI is InChI=1S/C24H24FN3O3S/c1-2-26(14-17-8-4-3-5-9-17)21(29)16-27-20-12-13-32-22(20)23(30)28(24(27)31)15-18-10-6-7-11-19(18)25/h3-13,20,22H,2,14-16H2,1H3. The van der Waals surface area contributed by atoms with E-state index in [-0.39, 0.29) is 30.5 Å². The molecule has 32 heavy (non-hydrogen) atoms. The molecule has 2 aromatic rings. The van der Waals surface area contributed by atoms with Gasteiger partial charge in [0.05, 0.1) is 12.6 Å². The third kappa shape index (κ3) is 4.41. The maximum atomic E-state index is 14.2. The lowest BCUT2D eigenvalue weighted by Gasteiger charge is -2.41. The van der Waals surface area contributed by atoms with E-state index in [0.717, 1.165) is 10.5 Å². The van der Waals surface area contributed by atoms with Crippen molar-refractivity contribution >= 4 is 29.6 Å². The summed E-state index contributed by atoms with van der Waals surface area (Å²) in [4.78, 5) is 43.6. The molecule has 2 aliphatic rings. The molecule has 0 N–H and O–H groups in total. The molecular formula is C24H24FN3O3S. The average molecular weight is 454 g/mol. The molecule has 0 radical (unpaired) electrons. The second-order valence-corrected chi connectivity index (χ2v) is 8.75. The molecule has 1 fully saturated rings. The van der Waals surface area contributed by atoms with Gasteiger partial charge in [0.1, 0.15) is 17.6 Å². The van der Waals surface area contributed by atoms with Crippen molar-refractivity contribution in [3.8, 4) is 0 Å². The van der Waals surface area contributed by atoms with Crippen molar-refractivity contribution in [2.24, 2.45) is 0 Å². The lowest BCUT2D eigenvalue weighted by molar-refractivity contribution is -0.137. The number of benzene rings is 2. The highest BCUT2D eigenvalue weighted by Gasteiger charge is 2.48. The lowest BCUT2D eigenvalue weighted by atomic mass is 10.1. The number of urea groups is 1. The number of thioether (sulfide) groups is 1. The van der Waals surface area contributed by atoms with E-state index in [9.17, 15) is 18.8 Å². The van der Waals surface area contributed by atoms with E-state index in [1.807, 2.05) is 37.3 Å².